The number of hydrogen-bond donors (Lipinski definition) is 1. The zero-order chi connectivity index (χ0) is 7.56. The molecule has 5 heteroatoms. The van der Waals surface area contributed by atoms with Gasteiger partial charge in [0.15, 0.2) is 0 Å². The van der Waals surface area contributed by atoms with Crippen LogP contribution in [-0.4, -0.2) is 16.5 Å². The van der Waals surface area contributed by atoms with Crippen LogP contribution in [0.15, 0.2) is 24.0 Å². The summed E-state index contributed by atoms with van der Waals surface area (Å²) in [4.78, 5) is 9.63. The molecule has 1 aliphatic rings. The van der Waals surface area contributed by atoms with Gasteiger partial charge in [-0.2, -0.15) is 0 Å². The Bertz CT molecular complexity index is 209. The van der Waals surface area contributed by atoms with Crippen molar-refractivity contribution in [1.82, 2.24) is 5.01 Å². The van der Waals surface area contributed by atoms with E-state index in [0.29, 0.717) is 6.54 Å². The van der Waals surface area contributed by atoms with Crippen LogP contribution in [0.1, 0.15) is 0 Å². The van der Waals surface area contributed by atoms with Gasteiger partial charge in [-0.3, -0.25) is 10.1 Å². The van der Waals surface area contributed by atoms with Crippen LogP contribution in [-0.2, 0) is 0 Å². The third-order valence-electron chi connectivity index (χ3n) is 1.11. The Morgan fingerprint density at radius 1 is 1.80 bits per heavy atom. The highest BCUT2D eigenvalue weighted by atomic mass is 16.6. The lowest BCUT2D eigenvalue weighted by molar-refractivity contribution is -0.420. The maximum absolute atomic E-state index is 10.1. The highest BCUT2D eigenvalue weighted by Gasteiger charge is 2.10. The molecule has 0 aromatic heterocycles. The Morgan fingerprint density at radius 3 is 2.90 bits per heavy atom. The van der Waals surface area contributed by atoms with Crippen LogP contribution in [0.4, 0.5) is 0 Å². The van der Waals surface area contributed by atoms with Crippen molar-refractivity contribution in [3.8, 4) is 0 Å². The van der Waals surface area contributed by atoms with E-state index in [1.54, 1.807) is 6.08 Å². The molecule has 0 spiro atoms. The fourth-order valence-electron chi connectivity index (χ4n) is 0.669. The Morgan fingerprint density at radius 2 is 2.50 bits per heavy atom. The van der Waals surface area contributed by atoms with E-state index in [-0.39, 0.29) is 5.70 Å². The predicted molar refractivity (Wildman–Crippen MR) is 35.1 cm³/mol. The first-order valence-corrected chi connectivity index (χ1v) is 2.74. The molecule has 1 aliphatic heterocycles. The highest BCUT2D eigenvalue weighted by molar-refractivity contribution is 5.14. The lowest BCUT2D eigenvalue weighted by atomic mass is 10.3. The largest absolute Gasteiger partial charge is 0.308 e. The summed E-state index contributed by atoms with van der Waals surface area (Å²) in [7, 11) is 0. The summed E-state index contributed by atoms with van der Waals surface area (Å²) in [5, 5.41) is 11.4. The second-order valence-corrected chi connectivity index (χ2v) is 1.91. The fraction of sp³-hybridized carbons (Fsp3) is 0.200. The molecule has 0 fully saturated rings. The van der Waals surface area contributed by atoms with E-state index in [2.05, 4.69) is 0 Å². The van der Waals surface area contributed by atoms with Gasteiger partial charge in [0.25, 0.3) is 5.70 Å². The topological polar surface area (TPSA) is 72.4 Å². The van der Waals surface area contributed by atoms with Gasteiger partial charge < -0.3 is 5.01 Å². The van der Waals surface area contributed by atoms with E-state index >= 15 is 0 Å². The monoisotopic (exact) mass is 141 g/mol. The summed E-state index contributed by atoms with van der Waals surface area (Å²) in [5.41, 5.74) is 0.0220. The molecule has 0 amide bonds. The minimum absolute atomic E-state index is 0.0220. The predicted octanol–water partition coefficient (Wildman–Crippen LogP) is -0.150. The standard InChI is InChI=1S/C5H7N3O2/c6-7-3-1-2-5(4-7)8(9)10/h1-2,4H,3,6H2. The van der Waals surface area contributed by atoms with Gasteiger partial charge in [0, 0.05) is 6.08 Å². The normalized spacial score (nSPS) is 16.9. The molecular formula is C5H7N3O2. The number of nitrogens with zero attached hydrogens (tertiary/aromatic N) is 2. The number of hydrogen-bond acceptors (Lipinski definition) is 4. The van der Waals surface area contributed by atoms with E-state index in [0.717, 1.165) is 0 Å². The van der Waals surface area contributed by atoms with Crippen molar-refractivity contribution < 1.29 is 4.92 Å². The number of allylic oxidation sites excluding steroid dienone is 1. The molecule has 0 bridgehead atoms. The molecule has 1 rings (SSSR count). The lowest BCUT2D eigenvalue weighted by Crippen LogP contribution is -2.28. The van der Waals surface area contributed by atoms with Gasteiger partial charge in [0.1, 0.15) is 0 Å². The molecule has 0 saturated carbocycles. The van der Waals surface area contributed by atoms with Crippen LogP contribution >= 0.6 is 0 Å². The van der Waals surface area contributed by atoms with Crippen LogP contribution in [0, 0.1) is 10.1 Å². The molecule has 0 unspecified atom stereocenters. The number of nitro groups is 1. The summed E-state index contributed by atoms with van der Waals surface area (Å²) in [6.45, 7) is 0.525. The molecule has 0 saturated heterocycles. The van der Waals surface area contributed by atoms with E-state index in [4.69, 9.17) is 5.84 Å². The highest BCUT2D eigenvalue weighted by Crippen LogP contribution is 2.03. The van der Waals surface area contributed by atoms with E-state index in [1.165, 1.54) is 17.3 Å². The molecule has 0 aromatic carbocycles. The second kappa shape index (κ2) is 2.49. The van der Waals surface area contributed by atoms with Gasteiger partial charge >= 0.3 is 0 Å². The van der Waals surface area contributed by atoms with Crippen LogP contribution in [0.5, 0.6) is 0 Å². The van der Waals surface area contributed by atoms with Crippen molar-refractivity contribution in [2.45, 2.75) is 0 Å². The van der Waals surface area contributed by atoms with Crippen molar-refractivity contribution in [2.75, 3.05) is 6.54 Å². The number of hydrazine groups is 1. The Kier molecular flexibility index (Phi) is 1.68. The number of rotatable bonds is 1. The van der Waals surface area contributed by atoms with Gasteiger partial charge in [-0.1, -0.05) is 6.08 Å². The third-order valence-corrected chi connectivity index (χ3v) is 1.11. The lowest BCUT2D eigenvalue weighted by Gasteiger charge is -2.12. The Balaban J connectivity index is 2.76. The first-order chi connectivity index (χ1) is 4.70. The summed E-state index contributed by atoms with van der Waals surface area (Å²) in [5.74, 6) is 5.26. The Labute approximate surface area is 57.5 Å². The smallest absolute Gasteiger partial charge is 0.286 e. The molecule has 0 aromatic rings. The van der Waals surface area contributed by atoms with E-state index < -0.39 is 4.92 Å². The van der Waals surface area contributed by atoms with Gasteiger partial charge in [-0.05, 0) is 0 Å². The van der Waals surface area contributed by atoms with Gasteiger partial charge in [-0.25, -0.2) is 5.84 Å². The molecule has 1 heterocycles. The minimum Gasteiger partial charge on any atom is -0.308 e. The summed E-state index contributed by atoms with van der Waals surface area (Å²) in [6, 6.07) is 0. The quantitative estimate of drug-likeness (QED) is 0.313. The van der Waals surface area contributed by atoms with Gasteiger partial charge in [0.2, 0.25) is 0 Å². The van der Waals surface area contributed by atoms with Crippen LogP contribution < -0.4 is 5.84 Å². The Hall–Kier alpha value is -1.36. The zero-order valence-electron chi connectivity index (χ0n) is 5.23. The second-order valence-electron chi connectivity index (χ2n) is 1.91. The molecule has 5 nitrogen and oxygen atoms in total. The first kappa shape index (κ1) is 6.76. The van der Waals surface area contributed by atoms with Crippen molar-refractivity contribution in [2.24, 2.45) is 5.84 Å². The fourth-order valence-corrected chi connectivity index (χ4v) is 0.669. The van der Waals surface area contributed by atoms with E-state index in [9.17, 15) is 10.1 Å². The first-order valence-electron chi connectivity index (χ1n) is 2.74. The van der Waals surface area contributed by atoms with Crippen molar-refractivity contribution >= 4 is 0 Å². The summed E-state index contributed by atoms with van der Waals surface area (Å²) < 4.78 is 0. The third kappa shape index (κ3) is 1.32. The molecular weight excluding hydrogens is 134 g/mol. The maximum Gasteiger partial charge on any atom is 0.286 e. The molecule has 2 N–H and O–H groups in total. The maximum atomic E-state index is 10.1. The van der Waals surface area contributed by atoms with Crippen LogP contribution in [0.25, 0.3) is 0 Å². The summed E-state index contributed by atoms with van der Waals surface area (Å²) >= 11 is 0. The van der Waals surface area contributed by atoms with Crippen molar-refractivity contribution in [3.63, 3.8) is 0 Å². The molecule has 0 atom stereocenters. The molecule has 0 radical (unpaired) electrons. The molecule has 54 valence electrons. The zero-order valence-corrected chi connectivity index (χ0v) is 5.23. The van der Waals surface area contributed by atoms with Crippen molar-refractivity contribution in [1.29, 1.82) is 0 Å². The van der Waals surface area contributed by atoms with Crippen LogP contribution in [0.2, 0.25) is 0 Å². The minimum atomic E-state index is -0.477. The molecule has 10 heavy (non-hydrogen) atoms. The average Bonchev–Trinajstić information content (AvgIpc) is 1.88. The van der Waals surface area contributed by atoms with Gasteiger partial charge in [0.05, 0.1) is 17.7 Å². The summed E-state index contributed by atoms with van der Waals surface area (Å²) in [6.07, 6.45) is 4.36. The SMILES string of the molecule is NN1C=C([N+](=O)[O-])C=CC1. The number of nitrogens with two attached hydrogens (primary N) is 1. The van der Waals surface area contributed by atoms with Crippen molar-refractivity contribution in [3.05, 3.63) is 34.2 Å². The van der Waals surface area contributed by atoms with Crippen LogP contribution in [0.3, 0.4) is 0 Å². The van der Waals surface area contributed by atoms with E-state index in [1.807, 2.05) is 0 Å². The average molecular weight is 141 g/mol. The van der Waals surface area contributed by atoms with Gasteiger partial charge in [-0.15, -0.1) is 0 Å². The molecule has 0 aliphatic carbocycles.